The Hall–Kier alpha value is -3.19. The van der Waals surface area contributed by atoms with E-state index in [1.165, 1.54) is 4.68 Å². The van der Waals surface area contributed by atoms with Crippen molar-refractivity contribution in [3.63, 3.8) is 0 Å². The average Bonchev–Trinajstić information content (AvgIpc) is 3.00. The second-order valence-corrected chi connectivity index (χ2v) is 6.94. The normalized spacial score (nSPS) is 10.6. The SMILES string of the molecule is Cc1ccc(NC(=O)Cn2nnc(C(=O)Nc3ccc(C)cc3Cl)c2C)cc1. The summed E-state index contributed by atoms with van der Waals surface area (Å²) in [6.07, 6.45) is 0. The zero-order chi connectivity index (χ0) is 20.3. The van der Waals surface area contributed by atoms with Gasteiger partial charge in [0.25, 0.3) is 5.91 Å². The Labute approximate surface area is 167 Å². The van der Waals surface area contributed by atoms with Crippen molar-refractivity contribution < 1.29 is 9.59 Å². The summed E-state index contributed by atoms with van der Waals surface area (Å²) in [4.78, 5) is 24.8. The van der Waals surface area contributed by atoms with Gasteiger partial charge in [-0.05, 0) is 50.6 Å². The van der Waals surface area contributed by atoms with Gasteiger partial charge in [-0.15, -0.1) is 5.10 Å². The van der Waals surface area contributed by atoms with Crippen molar-refractivity contribution in [1.29, 1.82) is 0 Å². The number of benzene rings is 2. The van der Waals surface area contributed by atoms with Crippen LogP contribution >= 0.6 is 11.6 Å². The van der Waals surface area contributed by atoms with Gasteiger partial charge in [0, 0.05) is 5.69 Å². The topological polar surface area (TPSA) is 88.9 Å². The molecule has 0 aliphatic heterocycles. The Morgan fingerprint density at radius 3 is 2.36 bits per heavy atom. The van der Waals surface area contributed by atoms with Gasteiger partial charge in [-0.25, -0.2) is 4.68 Å². The van der Waals surface area contributed by atoms with Crippen LogP contribution in [0.3, 0.4) is 0 Å². The van der Waals surface area contributed by atoms with E-state index >= 15 is 0 Å². The lowest BCUT2D eigenvalue weighted by Crippen LogP contribution is -2.21. The number of carbonyl (C=O) groups excluding carboxylic acids is 2. The first-order chi connectivity index (χ1) is 13.3. The van der Waals surface area contributed by atoms with E-state index in [9.17, 15) is 9.59 Å². The highest BCUT2D eigenvalue weighted by Crippen LogP contribution is 2.23. The second kappa shape index (κ2) is 8.22. The van der Waals surface area contributed by atoms with E-state index in [0.29, 0.717) is 22.1 Å². The monoisotopic (exact) mass is 397 g/mol. The Morgan fingerprint density at radius 2 is 1.68 bits per heavy atom. The molecule has 2 amide bonds. The fraction of sp³-hybridized carbons (Fsp3) is 0.200. The molecule has 7 nitrogen and oxygen atoms in total. The lowest BCUT2D eigenvalue weighted by molar-refractivity contribution is -0.117. The molecule has 144 valence electrons. The number of carbonyl (C=O) groups is 2. The minimum atomic E-state index is -0.437. The van der Waals surface area contributed by atoms with Gasteiger partial charge < -0.3 is 10.6 Å². The first-order valence-electron chi connectivity index (χ1n) is 8.67. The van der Waals surface area contributed by atoms with E-state index in [1.54, 1.807) is 19.1 Å². The van der Waals surface area contributed by atoms with Crippen molar-refractivity contribution in [1.82, 2.24) is 15.0 Å². The third-order valence-electron chi connectivity index (χ3n) is 4.20. The van der Waals surface area contributed by atoms with Gasteiger partial charge in [0.15, 0.2) is 5.69 Å². The molecule has 0 radical (unpaired) electrons. The number of hydrogen-bond donors (Lipinski definition) is 2. The summed E-state index contributed by atoms with van der Waals surface area (Å²) in [5, 5.41) is 13.8. The standard InChI is InChI=1S/C20H20ClN5O2/c1-12-4-7-15(8-5-12)22-18(27)11-26-14(3)19(24-25-26)20(28)23-17-9-6-13(2)10-16(17)21/h4-10H,11H2,1-3H3,(H,22,27)(H,23,28). The smallest absolute Gasteiger partial charge is 0.278 e. The van der Waals surface area contributed by atoms with Gasteiger partial charge in [-0.3, -0.25) is 9.59 Å². The zero-order valence-electron chi connectivity index (χ0n) is 15.8. The number of hydrogen-bond acceptors (Lipinski definition) is 4. The maximum Gasteiger partial charge on any atom is 0.278 e. The van der Waals surface area contributed by atoms with Crippen molar-refractivity contribution in [2.45, 2.75) is 27.3 Å². The van der Waals surface area contributed by atoms with E-state index in [-0.39, 0.29) is 18.1 Å². The van der Waals surface area contributed by atoms with Crippen molar-refractivity contribution in [2.75, 3.05) is 10.6 Å². The molecule has 0 bridgehead atoms. The van der Waals surface area contributed by atoms with E-state index in [0.717, 1.165) is 11.1 Å². The second-order valence-electron chi connectivity index (χ2n) is 6.53. The van der Waals surface area contributed by atoms with E-state index in [4.69, 9.17) is 11.6 Å². The van der Waals surface area contributed by atoms with Gasteiger partial charge in [0.1, 0.15) is 6.54 Å². The molecule has 28 heavy (non-hydrogen) atoms. The van der Waals surface area contributed by atoms with Crippen LogP contribution in [0.5, 0.6) is 0 Å². The quantitative estimate of drug-likeness (QED) is 0.686. The zero-order valence-corrected chi connectivity index (χ0v) is 16.5. The molecule has 2 aromatic carbocycles. The van der Waals surface area contributed by atoms with Crippen molar-refractivity contribution in [2.24, 2.45) is 0 Å². The molecule has 0 aliphatic carbocycles. The molecule has 3 rings (SSSR count). The lowest BCUT2D eigenvalue weighted by Gasteiger charge is -2.08. The third kappa shape index (κ3) is 4.55. The molecule has 0 atom stereocenters. The molecular formula is C20H20ClN5O2. The maximum atomic E-state index is 12.5. The summed E-state index contributed by atoms with van der Waals surface area (Å²) < 4.78 is 1.38. The molecule has 0 unspecified atom stereocenters. The summed E-state index contributed by atoms with van der Waals surface area (Å²) in [7, 11) is 0. The highest BCUT2D eigenvalue weighted by molar-refractivity contribution is 6.34. The number of halogens is 1. The van der Waals surface area contributed by atoms with Crippen molar-refractivity contribution in [3.8, 4) is 0 Å². The Morgan fingerprint density at radius 1 is 1.00 bits per heavy atom. The predicted molar refractivity (Wildman–Crippen MR) is 109 cm³/mol. The fourth-order valence-corrected chi connectivity index (χ4v) is 2.88. The summed E-state index contributed by atoms with van der Waals surface area (Å²) >= 11 is 6.15. The number of nitrogens with zero attached hydrogens (tertiary/aromatic N) is 3. The van der Waals surface area contributed by atoms with Crippen LogP contribution in [0, 0.1) is 20.8 Å². The van der Waals surface area contributed by atoms with Crippen LogP contribution in [0.4, 0.5) is 11.4 Å². The van der Waals surface area contributed by atoms with Crippen LogP contribution in [-0.4, -0.2) is 26.8 Å². The number of aryl methyl sites for hydroxylation is 2. The van der Waals surface area contributed by atoms with Crippen molar-refractivity contribution >= 4 is 34.8 Å². The number of anilines is 2. The number of rotatable bonds is 5. The Kier molecular flexibility index (Phi) is 5.75. The van der Waals surface area contributed by atoms with E-state index in [1.807, 2.05) is 44.2 Å². The molecule has 0 fully saturated rings. The molecule has 0 saturated heterocycles. The van der Waals surface area contributed by atoms with Crippen LogP contribution in [0.1, 0.15) is 27.3 Å². The third-order valence-corrected chi connectivity index (χ3v) is 4.51. The summed E-state index contributed by atoms with van der Waals surface area (Å²) in [6.45, 7) is 5.52. The molecule has 0 spiro atoms. The van der Waals surface area contributed by atoms with Gasteiger partial charge in [0.2, 0.25) is 5.91 Å². The van der Waals surface area contributed by atoms with E-state index < -0.39 is 5.91 Å². The average molecular weight is 398 g/mol. The highest BCUT2D eigenvalue weighted by Gasteiger charge is 2.19. The highest BCUT2D eigenvalue weighted by atomic mass is 35.5. The Bertz CT molecular complexity index is 1030. The molecule has 1 heterocycles. The van der Waals surface area contributed by atoms with Gasteiger partial charge in [0.05, 0.1) is 16.4 Å². The first-order valence-corrected chi connectivity index (χ1v) is 9.05. The molecule has 0 saturated carbocycles. The summed E-state index contributed by atoms with van der Waals surface area (Å²) in [5.41, 5.74) is 3.91. The van der Waals surface area contributed by atoms with Gasteiger partial charge in [-0.1, -0.05) is 40.6 Å². The number of aromatic nitrogens is 3. The molecule has 8 heteroatoms. The molecule has 0 aliphatic rings. The fourth-order valence-electron chi connectivity index (χ4n) is 2.60. The van der Waals surface area contributed by atoms with Crippen LogP contribution in [0.15, 0.2) is 42.5 Å². The van der Waals surface area contributed by atoms with Crippen LogP contribution in [0.2, 0.25) is 5.02 Å². The Balaban J connectivity index is 1.68. The molecular weight excluding hydrogens is 378 g/mol. The van der Waals surface area contributed by atoms with Crippen LogP contribution in [-0.2, 0) is 11.3 Å². The molecule has 3 aromatic rings. The maximum absolute atomic E-state index is 12.5. The van der Waals surface area contributed by atoms with Crippen LogP contribution < -0.4 is 10.6 Å². The molecule has 1 aromatic heterocycles. The summed E-state index contributed by atoms with van der Waals surface area (Å²) in [5.74, 6) is -0.696. The first kappa shape index (κ1) is 19.6. The van der Waals surface area contributed by atoms with E-state index in [2.05, 4.69) is 20.9 Å². The van der Waals surface area contributed by atoms with Gasteiger partial charge in [-0.2, -0.15) is 0 Å². The number of nitrogens with one attached hydrogen (secondary N) is 2. The summed E-state index contributed by atoms with van der Waals surface area (Å²) in [6, 6.07) is 12.8. The van der Waals surface area contributed by atoms with Crippen molar-refractivity contribution in [3.05, 3.63) is 70.0 Å². The predicted octanol–water partition coefficient (Wildman–Crippen LogP) is 3.75. The minimum Gasteiger partial charge on any atom is -0.324 e. The number of amides is 2. The minimum absolute atomic E-state index is 0.0503. The largest absolute Gasteiger partial charge is 0.324 e. The van der Waals surface area contributed by atoms with Gasteiger partial charge >= 0.3 is 0 Å². The van der Waals surface area contributed by atoms with Crippen LogP contribution in [0.25, 0.3) is 0 Å². The molecule has 2 N–H and O–H groups in total. The lowest BCUT2D eigenvalue weighted by atomic mass is 10.2.